The molecule has 0 spiro atoms. The highest BCUT2D eigenvalue weighted by molar-refractivity contribution is 5.65. The Bertz CT molecular complexity index is 595. The molecule has 3 nitrogen and oxygen atoms in total. The third-order valence-electron chi connectivity index (χ3n) is 2.53. The van der Waals surface area contributed by atoms with E-state index in [0.29, 0.717) is 0 Å². The molecule has 1 aliphatic heterocycles. The van der Waals surface area contributed by atoms with Gasteiger partial charge in [-0.1, -0.05) is 12.1 Å². The summed E-state index contributed by atoms with van der Waals surface area (Å²) in [6.45, 7) is 0. The van der Waals surface area contributed by atoms with Crippen LogP contribution >= 0.6 is 0 Å². The molecule has 0 saturated heterocycles. The van der Waals surface area contributed by atoms with Gasteiger partial charge in [-0.05, 0) is 18.2 Å². The standard InChI is InChI=1S/C12H7INO2/c15-14(16)8-5-6-10-9-3-1-2-4-11(9)13-12(10)7-8/h1-7H/q+1. The van der Waals surface area contributed by atoms with E-state index in [2.05, 4.69) is 12.1 Å². The third-order valence-corrected chi connectivity index (χ3v) is 5.53. The second-order valence-corrected chi connectivity index (χ2v) is 6.36. The summed E-state index contributed by atoms with van der Waals surface area (Å²) in [6.07, 6.45) is 0. The first-order chi connectivity index (χ1) is 7.75. The summed E-state index contributed by atoms with van der Waals surface area (Å²) in [5.74, 6) is 0. The first-order valence-corrected chi connectivity index (χ1v) is 6.94. The van der Waals surface area contributed by atoms with E-state index in [0.717, 1.165) is 3.57 Å². The lowest BCUT2D eigenvalue weighted by Crippen LogP contribution is -3.61. The Balaban J connectivity index is 2.18. The van der Waals surface area contributed by atoms with Gasteiger partial charge in [0.25, 0.3) is 5.69 Å². The van der Waals surface area contributed by atoms with Crippen LogP contribution in [-0.2, 0) is 0 Å². The molecule has 2 aromatic carbocycles. The van der Waals surface area contributed by atoms with Crippen LogP contribution in [0.1, 0.15) is 0 Å². The smallest absolute Gasteiger partial charge is 0.258 e. The molecule has 0 unspecified atom stereocenters. The van der Waals surface area contributed by atoms with E-state index in [1.165, 1.54) is 14.7 Å². The summed E-state index contributed by atoms with van der Waals surface area (Å²) < 4.78 is 2.52. The molecule has 78 valence electrons. The van der Waals surface area contributed by atoms with Gasteiger partial charge in [0.15, 0.2) is 0 Å². The minimum Gasteiger partial charge on any atom is -0.258 e. The number of hydrogen-bond donors (Lipinski definition) is 0. The molecular formula is C12H7INO2+. The molecule has 0 N–H and O–H groups in total. The minimum atomic E-state index is -0.326. The number of hydrogen-bond acceptors (Lipinski definition) is 2. The van der Waals surface area contributed by atoms with Gasteiger partial charge in [-0.25, -0.2) is 0 Å². The third kappa shape index (κ3) is 1.41. The number of nitrogens with zero attached hydrogens (tertiary/aromatic N) is 1. The quantitative estimate of drug-likeness (QED) is 0.351. The lowest BCUT2D eigenvalue weighted by Gasteiger charge is -1.93. The lowest BCUT2D eigenvalue weighted by atomic mass is 10.1. The molecule has 1 heterocycles. The van der Waals surface area contributed by atoms with Crippen molar-refractivity contribution in [2.45, 2.75) is 0 Å². The van der Waals surface area contributed by atoms with Gasteiger partial charge >= 0.3 is 21.2 Å². The van der Waals surface area contributed by atoms with Crippen LogP contribution in [-0.4, -0.2) is 4.92 Å². The maximum absolute atomic E-state index is 10.7. The predicted octanol–water partition coefficient (Wildman–Crippen LogP) is -0.296. The van der Waals surface area contributed by atoms with Crippen LogP contribution in [0.3, 0.4) is 0 Å². The van der Waals surface area contributed by atoms with E-state index in [1.807, 2.05) is 18.2 Å². The van der Waals surface area contributed by atoms with Crippen molar-refractivity contribution in [3.8, 4) is 11.1 Å². The molecule has 0 aliphatic carbocycles. The van der Waals surface area contributed by atoms with Crippen molar-refractivity contribution < 1.29 is 26.1 Å². The molecule has 3 rings (SSSR count). The van der Waals surface area contributed by atoms with Crippen molar-refractivity contribution in [1.82, 2.24) is 0 Å². The maximum atomic E-state index is 10.7. The highest BCUT2D eigenvalue weighted by Gasteiger charge is 2.34. The van der Waals surface area contributed by atoms with Crippen molar-refractivity contribution >= 4 is 5.69 Å². The van der Waals surface area contributed by atoms with Crippen LogP contribution in [0.2, 0.25) is 0 Å². The SMILES string of the molecule is O=[N+]([O-])c1ccc2c(c1)[I+]c1ccccc1-2. The Hall–Kier alpha value is -1.43. The number of nitro benzene ring substituents is 1. The van der Waals surface area contributed by atoms with Gasteiger partial charge < -0.3 is 0 Å². The summed E-state index contributed by atoms with van der Waals surface area (Å²) in [4.78, 5) is 10.4. The van der Waals surface area contributed by atoms with E-state index >= 15 is 0 Å². The van der Waals surface area contributed by atoms with Crippen LogP contribution in [0.15, 0.2) is 42.5 Å². The number of benzene rings is 2. The molecule has 0 saturated carbocycles. The second kappa shape index (κ2) is 3.55. The molecule has 0 bridgehead atoms. The Morgan fingerprint density at radius 2 is 1.75 bits per heavy atom. The number of non-ortho nitro benzene ring substituents is 1. The zero-order chi connectivity index (χ0) is 11.1. The van der Waals surface area contributed by atoms with Crippen molar-refractivity contribution in [3.63, 3.8) is 0 Å². The molecule has 0 atom stereocenters. The van der Waals surface area contributed by atoms with Crippen molar-refractivity contribution in [1.29, 1.82) is 0 Å². The molecule has 1 aliphatic rings. The summed E-state index contributed by atoms with van der Waals surface area (Å²) >= 11 is -0.244. The Kier molecular flexibility index (Phi) is 2.17. The average molecular weight is 324 g/mol. The number of halogens is 1. The molecule has 4 heteroatoms. The molecule has 2 aromatic rings. The van der Waals surface area contributed by atoms with Gasteiger partial charge in [0.1, 0.15) is 0 Å². The number of fused-ring (bicyclic) bond motifs is 3. The first-order valence-electron chi connectivity index (χ1n) is 4.78. The molecule has 0 fully saturated rings. The fourth-order valence-corrected chi connectivity index (χ4v) is 4.80. The van der Waals surface area contributed by atoms with Gasteiger partial charge in [-0.3, -0.25) is 10.1 Å². The van der Waals surface area contributed by atoms with Gasteiger partial charge in [0.2, 0.25) is 7.14 Å². The van der Waals surface area contributed by atoms with E-state index < -0.39 is 0 Å². The summed E-state index contributed by atoms with van der Waals surface area (Å²) in [7, 11) is 0. The van der Waals surface area contributed by atoms with E-state index in [4.69, 9.17) is 0 Å². The number of rotatable bonds is 1. The molecule has 0 aromatic heterocycles. The van der Waals surface area contributed by atoms with E-state index in [1.54, 1.807) is 12.1 Å². The van der Waals surface area contributed by atoms with Crippen LogP contribution in [0, 0.1) is 17.3 Å². The zero-order valence-electron chi connectivity index (χ0n) is 8.18. The van der Waals surface area contributed by atoms with Crippen molar-refractivity contribution in [2.24, 2.45) is 0 Å². The summed E-state index contributed by atoms with van der Waals surface area (Å²) in [5, 5.41) is 10.7. The van der Waals surface area contributed by atoms with E-state index in [-0.39, 0.29) is 31.8 Å². The molecular weight excluding hydrogens is 317 g/mol. The Labute approximate surface area is 103 Å². The fourth-order valence-electron chi connectivity index (χ4n) is 1.79. The molecule has 16 heavy (non-hydrogen) atoms. The largest absolute Gasteiger partial charge is 0.359 e. The van der Waals surface area contributed by atoms with Gasteiger partial charge in [-0.2, -0.15) is 0 Å². The van der Waals surface area contributed by atoms with Crippen molar-refractivity contribution in [2.75, 3.05) is 0 Å². The molecule has 0 radical (unpaired) electrons. The summed E-state index contributed by atoms with van der Waals surface area (Å²) in [5.41, 5.74) is 2.63. The van der Waals surface area contributed by atoms with Crippen LogP contribution in [0.4, 0.5) is 5.69 Å². The predicted molar refractivity (Wildman–Crippen MR) is 55.9 cm³/mol. The maximum Gasteiger partial charge on any atom is 0.359 e. The van der Waals surface area contributed by atoms with Crippen molar-refractivity contribution in [3.05, 3.63) is 59.7 Å². The number of nitro groups is 1. The highest BCUT2D eigenvalue weighted by atomic mass is 127. The molecule has 0 amide bonds. The highest BCUT2D eigenvalue weighted by Crippen LogP contribution is 2.24. The topological polar surface area (TPSA) is 43.1 Å². The van der Waals surface area contributed by atoms with Crippen LogP contribution in [0.25, 0.3) is 11.1 Å². The first kappa shape index (κ1) is 9.77. The van der Waals surface area contributed by atoms with Gasteiger partial charge in [-0.15, -0.1) is 0 Å². The summed E-state index contributed by atoms with van der Waals surface area (Å²) in [6, 6.07) is 13.4. The second-order valence-electron chi connectivity index (χ2n) is 3.50. The minimum absolute atomic E-state index is 0.200. The Morgan fingerprint density at radius 1 is 1.00 bits per heavy atom. The Morgan fingerprint density at radius 3 is 2.56 bits per heavy atom. The fraction of sp³-hybridized carbons (Fsp3) is 0. The lowest BCUT2D eigenvalue weighted by molar-refractivity contribution is -0.590. The zero-order valence-corrected chi connectivity index (χ0v) is 10.3. The van der Waals surface area contributed by atoms with Crippen LogP contribution in [0.5, 0.6) is 0 Å². The normalized spacial score (nSPS) is 12.0. The van der Waals surface area contributed by atoms with E-state index in [9.17, 15) is 10.1 Å². The monoisotopic (exact) mass is 324 g/mol. The van der Waals surface area contributed by atoms with Gasteiger partial charge in [0, 0.05) is 17.2 Å². The van der Waals surface area contributed by atoms with Gasteiger partial charge in [0.05, 0.1) is 11.0 Å². The van der Waals surface area contributed by atoms with Crippen LogP contribution < -0.4 is 21.2 Å². The average Bonchev–Trinajstić information content (AvgIpc) is 2.66.